The van der Waals surface area contributed by atoms with Crippen LogP contribution >= 0.6 is 0 Å². The second-order valence-corrected chi connectivity index (χ2v) is 19.8. The van der Waals surface area contributed by atoms with E-state index in [0.29, 0.717) is 43.1 Å². The second-order valence-electron chi connectivity index (χ2n) is 19.8. The topological polar surface area (TPSA) is 419 Å². The van der Waals surface area contributed by atoms with Gasteiger partial charge >= 0.3 is 17.9 Å². The highest BCUT2D eigenvalue weighted by Crippen LogP contribution is 2.15. The Labute approximate surface area is 469 Å². The normalized spacial score (nSPS) is 14.6. The minimum Gasteiger partial charge on any atom is -0.508 e. The van der Waals surface area contributed by atoms with E-state index >= 15 is 0 Å². The second kappa shape index (κ2) is 36.1. The molecular weight excluding hydrogens is 1060 g/mol. The van der Waals surface area contributed by atoms with Gasteiger partial charge in [-0.05, 0) is 62.8 Å². The summed E-state index contributed by atoms with van der Waals surface area (Å²) in [6, 6.07) is 0.414. The van der Waals surface area contributed by atoms with Gasteiger partial charge in [0.25, 0.3) is 0 Å². The van der Waals surface area contributed by atoms with Crippen LogP contribution in [0.15, 0.2) is 54.6 Å². The molecule has 81 heavy (non-hydrogen) atoms. The smallest absolute Gasteiger partial charge is 0.326 e. The molecule has 2 rings (SSSR count). The lowest BCUT2D eigenvalue weighted by atomic mass is 10.0. The average Bonchev–Trinajstić information content (AvgIpc) is 3.42. The number of amides is 8. The first-order chi connectivity index (χ1) is 38.3. The highest BCUT2D eigenvalue weighted by Gasteiger charge is 2.37. The monoisotopic (exact) mass is 1140 g/mol. The van der Waals surface area contributed by atoms with Gasteiger partial charge in [0, 0.05) is 44.4 Å². The number of hydrogen-bond donors (Lipinski definition) is 13. The molecule has 446 valence electrons. The molecule has 13 N–H and O–H groups in total. The molecular formula is C55H78N8O18. The lowest BCUT2D eigenvalue weighted by Crippen LogP contribution is -2.62. The first kappa shape index (κ1) is 68.8. The largest absolute Gasteiger partial charge is 0.508 e. The van der Waals surface area contributed by atoms with Gasteiger partial charge in [-0.2, -0.15) is 0 Å². The van der Waals surface area contributed by atoms with Crippen molar-refractivity contribution in [3.05, 3.63) is 65.7 Å². The van der Waals surface area contributed by atoms with Crippen LogP contribution in [0.1, 0.15) is 129 Å². The molecule has 0 aliphatic rings. The fourth-order valence-electron chi connectivity index (χ4n) is 8.13. The van der Waals surface area contributed by atoms with E-state index < -0.39 is 170 Å². The highest BCUT2D eigenvalue weighted by atomic mass is 16.4. The summed E-state index contributed by atoms with van der Waals surface area (Å²) in [6.45, 7) is 7.69. The number of rotatable bonds is 39. The number of carbonyl (C=O) groups excluding carboxylic acids is 10. The van der Waals surface area contributed by atoms with Crippen LogP contribution in [-0.2, 0) is 75.2 Å². The van der Waals surface area contributed by atoms with Gasteiger partial charge in [0.1, 0.15) is 66.2 Å². The molecule has 0 aromatic heterocycles. The molecule has 0 spiro atoms. The standard InChI is InChI=1S/C55H78N8O18/c1-6-8-11-17-37(57-53(78)42(29-34-15-12-10-13-16-34)61-52(77)41(28-32(4)65)60-50(75)40(26-27-64)56-47(72)31(3)14-9-7-2)51(76)63-46(33(5)66)54(79)59-39(23-25-45(70)71)48(73)58-38(22-24-44(68)69)49(74)62-43(55(80)81)30-35-18-20-36(67)21-19-35/h10,12-13,15-16,18-21,27,31,33,37-43,46,66-67H,6-9,11,14,17,22-26,28-30H2,1-5H3,(H,56,72)(H,57,78)(H,58,73)(H,59,79)(H,60,75)(H,61,77)(H,62,74)(H,63,76)(H,68,69)(H,70,71)(H,80,81). The van der Waals surface area contributed by atoms with Gasteiger partial charge in [-0.25, -0.2) is 4.79 Å². The van der Waals surface area contributed by atoms with Crippen LogP contribution in [-0.4, -0.2) is 157 Å². The Morgan fingerprint density at radius 3 is 1.42 bits per heavy atom. The average molecular weight is 1140 g/mol. The van der Waals surface area contributed by atoms with Crippen LogP contribution in [0, 0.1) is 5.92 Å². The number of carboxylic acid groups (broad SMARTS) is 3. The van der Waals surface area contributed by atoms with Crippen molar-refractivity contribution < 1.29 is 87.9 Å². The van der Waals surface area contributed by atoms with Crippen LogP contribution in [0.25, 0.3) is 0 Å². The van der Waals surface area contributed by atoms with Gasteiger partial charge in [0.15, 0.2) is 0 Å². The predicted octanol–water partition coefficient (Wildman–Crippen LogP) is 0.225. The first-order valence-electron chi connectivity index (χ1n) is 26.8. The molecule has 0 heterocycles. The minimum absolute atomic E-state index is 0.0728. The molecule has 10 unspecified atom stereocenters. The molecule has 0 aliphatic carbocycles. The number of benzene rings is 2. The van der Waals surface area contributed by atoms with E-state index in [1.165, 1.54) is 24.3 Å². The summed E-state index contributed by atoms with van der Waals surface area (Å²) in [5.41, 5.74) is 0.881. The van der Waals surface area contributed by atoms with E-state index in [4.69, 9.17) is 0 Å². The van der Waals surface area contributed by atoms with Crippen molar-refractivity contribution in [2.75, 3.05) is 0 Å². The molecule has 26 nitrogen and oxygen atoms in total. The van der Waals surface area contributed by atoms with Gasteiger partial charge < -0.3 is 72.9 Å². The number of Topliss-reactive ketones (excluding diaryl/α,β-unsaturated/α-hetero) is 1. The summed E-state index contributed by atoms with van der Waals surface area (Å²) in [5.74, 6) is -13.7. The first-order valence-corrected chi connectivity index (χ1v) is 26.8. The van der Waals surface area contributed by atoms with E-state index in [2.05, 4.69) is 42.5 Å². The Kier molecular flexibility index (Phi) is 30.6. The predicted molar refractivity (Wildman–Crippen MR) is 289 cm³/mol. The lowest BCUT2D eigenvalue weighted by Gasteiger charge is -2.29. The van der Waals surface area contributed by atoms with Crippen molar-refractivity contribution in [2.24, 2.45) is 5.92 Å². The molecule has 8 amide bonds. The molecule has 0 aliphatic heterocycles. The lowest BCUT2D eigenvalue weighted by molar-refractivity contribution is -0.143. The molecule has 0 saturated carbocycles. The van der Waals surface area contributed by atoms with Crippen molar-refractivity contribution in [3.8, 4) is 5.75 Å². The quantitative estimate of drug-likeness (QED) is 0.0315. The van der Waals surface area contributed by atoms with Crippen molar-refractivity contribution in [2.45, 2.75) is 185 Å². The minimum atomic E-state index is -1.92. The summed E-state index contributed by atoms with van der Waals surface area (Å²) in [6.07, 6.45) is -2.20. The number of phenols is 1. The van der Waals surface area contributed by atoms with Crippen LogP contribution in [0.4, 0.5) is 0 Å². The van der Waals surface area contributed by atoms with Crippen LogP contribution in [0.3, 0.4) is 0 Å². The number of aldehydes is 1. The molecule has 0 fully saturated rings. The maximum atomic E-state index is 14.4. The molecule has 0 radical (unpaired) electrons. The molecule has 0 saturated heterocycles. The van der Waals surface area contributed by atoms with Crippen LogP contribution in [0.5, 0.6) is 5.75 Å². The molecule has 10 atom stereocenters. The van der Waals surface area contributed by atoms with Gasteiger partial charge in [0.05, 0.1) is 6.10 Å². The number of aliphatic carboxylic acids is 3. The van der Waals surface area contributed by atoms with Gasteiger partial charge in [-0.15, -0.1) is 0 Å². The van der Waals surface area contributed by atoms with Gasteiger partial charge in [-0.1, -0.05) is 95.3 Å². The van der Waals surface area contributed by atoms with E-state index in [9.17, 15) is 87.9 Å². The third-order valence-corrected chi connectivity index (χ3v) is 12.8. The Hall–Kier alpha value is -8.29. The Morgan fingerprint density at radius 2 is 0.914 bits per heavy atom. The third-order valence-electron chi connectivity index (χ3n) is 12.8. The molecule has 2 aromatic rings. The number of carbonyl (C=O) groups is 13. The fourth-order valence-corrected chi connectivity index (χ4v) is 8.13. The maximum absolute atomic E-state index is 14.4. The summed E-state index contributed by atoms with van der Waals surface area (Å²) in [5, 5.41) is 68.5. The van der Waals surface area contributed by atoms with E-state index in [1.54, 1.807) is 37.3 Å². The van der Waals surface area contributed by atoms with Crippen molar-refractivity contribution in [1.29, 1.82) is 0 Å². The van der Waals surface area contributed by atoms with Crippen molar-refractivity contribution in [3.63, 3.8) is 0 Å². The van der Waals surface area contributed by atoms with Gasteiger partial charge in [0.2, 0.25) is 47.3 Å². The molecule has 26 heteroatoms. The van der Waals surface area contributed by atoms with Crippen LogP contribution < -0.4 is 42.5 Å². The van der Waals surface area contributed by atoms with E-state index in [0.717, 1.165) is 26.7 Å². The summed E-state index contributed by atoms with van der Waals surface area (Å²) >= 11 is 0. The summed E-state index contributed by atoms with van der Waals surface area (Å²) < 4.78 is 0. The number of carboxylic acids is 3. The summed E-state index contributed by atoms with van der Waals surface area (Å²) in [7, 11) is 0. The van der Waals surface area contributed by atoms with Crippen LogP contribution in [0.2, 0.25) is 0 Å². The molecule has 0 bridgehead atoms. The Morgan fingerprint density at radius 1 is 0.481 bits per heavy atom. The maximum Gasteiger partial charge on any atom is 0.326 e. The Balaban J connectivity index is 2.47. The zero-order valence-corrected chi connectivity index (χ0v) is 46.2. The number of nitrogens with one attached hydrogen (secondary N) is 8. The van der Waals surface area contributed by atoms with Crippen molar-refractivity contribution >= 4 is 77.2 Å². The van der Waals surface area contributed by atoms with E-state index in [-0.39, 0.29) is 25.0 Å². The number of hydrogen-bond acceptors (Lipinski definition) is 15. The number of ketones is 1. The number of aliphatic hydroxyl groups is 1. The number of aromatic hydroxyl groups is 1. The Bertz CT molecular complexity index is 2480. The fraction of sp³-hybridized carbons (Fsp3) is 0.545. The van der Waals surface area contributed by atoms with E-state index in [1.807, 2.05) is 13.8 Å². The number of phenolic OH excluding ortho intramolecular Hbond substituents is 1. The third kappa shape index (κ3) is 26.0. The van der Waals surface area contributed by atoms with Crippen molar-refractivity contribution in [1.82, 2.24) is 42.5 Å². The SMILES string of the molecule is CCCCCC(NC(=O)C(Cc1ccccc1)NC(=O)C(CC(C)=O)NC(=O)C(CC=O)NC(=O)C(C)CCCC)C(=O)NC(C(=O)NC(CCC(=O)O)C(=O)NC(CCC(=O)O)C(=O)NC(Cc1ccc(O)cc1)C(=O)O)C(C)O. The zero-order chi connectivity index (χ0) is 60.8. The number of unbranched alkanes of at least 4 members (excludes halogenated alkanes) is 3. The number of aliphatic hydroxyl groups excluding tert-OH is 1. The summed E-state index contributed by atoms with van der Waals surface area (Å²) in [4.78, 5) is 170. The molecule has 2 aromatic carbocycles. The zero-order valence-electron chi connectivity index (χ0n) is 46.2. The van der Waals surface area contributed by atoms with Gasteiger partial charge in [-0.3, -0.25) is 52.7 Å². The highest BCUT2D eigenvalue weighted by molar-refractivity contribution is 5.99.